The van der Waals surface area contributed by atoms with Gasteiger partial charge in [0, 0.05) is 6.42 Å². The number of carbonyl (C=O) groups is 2. The first-order valence-electron chi connectivity index (χ1n) is 9.77. The highest BCUT2D eigenvalue weighted by molar-refractivity contribution is 5.94. The Morgan fingerprint density at radius 1 is 1.21 bits per heavy atom. The Morgan fingerprint density at radius 3 is 2.83 bits per heavy atom. The van der Waals surface area contributed by atoms with Gasteiger partial charge in [0.25, 0.3) is 0 Å². The molecule has 0 radical (unpaired) electrons. The van der Waals surface area contributed by atoms with Crippen LogP contribution in [0.3, 0.4) is 0 Å². The van der Waals surface area contributed by atoms with E-state index in [1.54, 1.807) is 13.2 Å². The SMILES string of the molecule is COC1=CC=CC([C@H]2OC(=O)N(C(=O)CCc3cccc4ccccc34)[C@H]2C)N1. The van der Waals surface area contributed by atoms with E-state index in [0.717, 1.165) is 16.3 Å². The van der Waals surface area contributed by atoms with Gasteiger partial charge in [0.1, 0.15) is 6.10 Å². The van der Waals surface area contributed by atoms with Gasteiger partial charge >= 0.3 is 6.09 Å². The highest BCUT2D eigenvalue weighted by Crippen LogP contribution is 2.26. The lowest BCUT2D eigenvalue weighted by molar-refractivity contribution is -0.129. The predicted molar refractivity (Wildman–Crippen MR) is 110 cm³/mol. The van der Waals surface area contributed by atoms with Crippen molar-refractivity contribution in [1.29, 1.82) is 0 Å². The van der Waals surface area contributed by atoms with Gasteiger partial charge in [0.05, 0.1) is 19.2 Å². The molecule has 2 amide bonds. The number of carbonyl (C=O) groups excluding carboxylic acids is 2. The van der Waals surface area contributed by atoms with Crippen molar-refractivity contribution >= 4 is 22.8 Å². The summed E-state index contributed by atoms with van der Waals surface area (Å²) in [5, 5.41) is 5.45. The smallest absolute Gasteiger partial charge is 0.417 e. The monoisotopic (exact) mass is 392 g/mol. The molecule has 1 N–H and O–H groups in total. The topological polar surface area (TPSA) is 67.9 Å². The van der Waals surface area contributed by atoms with Crippen molar-refractivity contribution in [2.45, 2.75) is 38.0 Å². The van der Waals surface area contributed by atoms with Crippen molar-refractivity contribution < 1.29 is 19.1 Å². The fraction of sp³-hybridized carbons (Fsp3) is 0.304. The van der Waals surface area contributed by atoms with E-state index in [9.17, 15) is 9.59 Å². The highest BCUT2D eigenvalue weighted by Gasteiger charge is 2.45. The number of fused-ring (bicyclic) bond motifs is 1. The van der Waals surface area contributed by atoms with Gasteiger partial charge in [-0.05, 0) is 35.8 Å². The number of cyclic esters (lactones) is 1. The first kappa shape index (κ1) is 19.1. The van der Waals surface area contributed by atoms with Crippen LogP contribution in [0, 0.1) is 0 Å². The average Bonchev–Trinajstić information content (AvgIpc) is 3.06. The number of methoxy groups -OCH3 is 1. The molecule has 150 valence electrons. The molecule has 2 aromatic rings. The Morgan fingerprint density at radius 2 is 2.00 bits per heavy atom. The zero-order valence-corrected chi connectivity index (χ0v) is 16.5. The molecule has 0 aromatic heterocycles. The number of hydrogen-bond acceptors (Lipinski definition) is 5. The van der Waals surface area contributed by atoms with Gasteiger partial charge in [-0.3, -0.25) is 4.79 Å². The number of aryl methyl sites for hydroxylation is 1. The maximum absolute atomic E-state index is 12.9. The largest absolute Gasteiger partial charge is 0.483 e. The van der Waals surface area contributed by atoms with Crippen molar-refractivity contribution in [2.24, 2.45) is 0 Å². The lowest BCUT2D eigenvalue weighted by atomic mass is 9.99. The number of benzene rings is 2. The Hall–Kier alpha value is -3.28. The van der Waals surface area contributed by atoms with E-state index in [-0.39, 0.29) is 24.4 Å². The van der Waals surface area contributed by atoms with Crippen LogP contribution in [0.15, 0.2) is 66.6 Å². The standard InChI is InChI=1S/C23H24N2O4/c1-15-22(19-11-6-12-20(24-19)28-2)29-23(27)25(15)21(26)14-13-17-9-5-8-16-7-3-4-10-18(16)17/h3-12,15,19,22,24H,13-14H2,1-2H3/t15-,19?,22-/m0/s1. The predicted octanol–water partition coefficient (Wildman–Crippen LogP) is 3.52. The van der Waals surface area contributed by atoms with Gasteiger partial charge in [-0.15, -0.1) is 0 Å². The summed E-state index contributed by atoms with van der Waals surface area (Å²) in [6.45, 7) is 1.84. The molecule has 0 saturated carbocycles. The molecule has 2 aliphatic heterocycles. The van der Waals surface area contributed by atoms with E-state index in [2.05, 4.69) is 23.5 Å². The zero-order valence-electron chi connectivity index (χ0n) is 16.5. The third-order valence-corrected chi connectivity index (χ3v) is 5.52. The first-order valence-corrected chi connectivity index (χ1v) is 9.77. The summed E-state index contributed by atoms with van der Waals surface area (Å²) in [5.41, 5.74) is 1.10. The lowest BCUT2D eigenvalue weighted by Crippen LogP contribution is -2.47. The molecule has 1 unspecified atom stereocenters. The average molecular weight is 392 g/mol. The Kier molecular flexibility index (Phi) is 5.25. The van der Waals surface area contributed by atoms with Gasteiger partial charge in [-0.2, -0.15) is 0 Å². The van der Waals surface area contributed by atoms with Crippen LogP contribution >= 0.6 is 0 Å². The van der Waals surface area contributed by atoms with E-state index in [4.69, 9.17) is 9.47 Å². The summed E-state index contributed by atoms with van der Waals surface area (Å²) in [6.07, 6.45) is 5.31. The van der Waals surface area contributed by atoms with Gasteiger partial charge < -0.3 is 14.8 Å². The number of imide groups is 1. The molecule has 0 bridgehead atoms. The van der Waals surface area contributed by atoms with Gasteiger partial charge in [0.15, 0.2) is 5.88 Å². The third kappa shape index (κ3) is 3.70. The number of amides is 2. The van der Waals surface area contributed by atoms with E-state index < -0.39 is 12.2 Å². The van der Waals surface area contributed by atoms with Crippen molar-refractivity contribution in [2.75, 3.05) is 7.11 Å². The molecule has 4 rings (SSSR count). The van der Waals surface area contributed by atoms with Gasteiger partial charge in [0.2, 0.25) is 5.91 Å². The molecule has 1 fully saturated rings. The normalized spacial score (nSPS) is 23.5. The third-order valence-electron chi connectivity index (χ3n) is 5.52. The molecule has 0 aliphatic carbocycles. The fourth-order valence-corrected chi connectivity index (χ4v) is 4.00. The minimum atomic E-state index is -0.589. The number of rotatable bonds is 5. The quantitative estimate of drug-likeness (QED) is 0.843. The van der Waals surface area contributed by atoms with Crippen molar-refractivity contribution in [3.63, 3.8) is 0 Å². The minimum absolute atomic E-state index is 0.222. The second kappa shape index (κ2) is 7.99. The number of nitrogens with one attached hydrogen (secondary N) is 1. The second-order valence-electron chi connectivity index (χ2n) is 7.28. The summed E-state index contributed by atoms with van der Waals surface area (Å²) in [6, 6.07) is 13.6. The van der Waals surface area contributed by atoms with Crippen LogP contribution in [0.2, 0.25) is 0 Å². The van der Waals surface area contributed by atoms with Crippen molar-refractivity contribution in [3.8, 4) is 0 Å². The summed E-state index contributed by atoms with van der Waals surface area (Å²) in [4.78, 5) is 26.6. The summed E-state index contributed by atoms with van der Waals surface area (Å²) >= 11 is 0. The van der Waals surface area contributed by atoms with Crippen LogP contribution in [0.5, 0.6) is 0 Å². The summed E-state index contributed by atoms with van der Waals surface area (Å²) < 4.78 is 10.7. The molecule has 2 aliphatic rings. The van der Waals surface area contributed by atoms with Crippen LogP contribution in [-0.4, -0.2) is 42.2 Å². The van der Waals surface area contributed by atoms with Crippen molar-refractivity contribution in [3.05, 3.63) is 72.1 Å². The summed E-state index contributed by atoms with van der Waals surface area (Å²) in [7, 11) is 1.57. The number of dihydropyridines is 1. The molecule has 3 atom stereocenters. The molecule has 1 saturated heterocycles. The minimum Gasteiger partial charge on any atom is -0.483 e. The number of hydrogen-bond donors (Lipinski definition) is 1. The molecule has 0 spiro atoms. The maximum atomic E-state index is 12.9. The summed E-state index contributed by atoms with van der Waals surface area (Å²) in [5.74, 6) is 0.377. The Balaban J connectivity index is 1.44. The van der Waals surface area contributed by atoms with E-state index in [1.165, 1.54) is 4.90 Å². The molecule has 29 heavy (non-hydrogen) atoms. The van der Waals surface area contributed by atoms with E-state index >= 15 is 0 Å². The van der Waals surface area contributed by atoms with Crippen LogP contribution in [-0.2, 0) is 20.7 Å². The molecule has 6 nitrogen and oxygen atoms in total. The molecule has 6 heteroatoms. The van der Waals surface area contributed by atoms with Crippen LogP contribution in [0.25, 0.3) is 10.8 Å². The van der Waals surface area contributed by atoms with Gasteiger partial charge in [-0.25, -0.2) is 9.69 Å². The van der Waals surface area contributed by atoms with Crippen LogP contribution in [0.4, 0.5) is 4.79 Å². The molecule has 2 aromatic carbocycles. The molecular weight excluding hydrogens is 368 g/mol. The lowest BCUT2D eigenvalue weighted by Gasteiger charge is -2.27. The highest BCUT2D eigenvalue weighted by atomic mass is 16.6. The Labute approximate surface area is 169 Å². The maximum Gasteiger partial charge on any atom is 0.417 e. The number of nitrogens with zero attached hydrogens (tertiary/aromatic N) is 1. The molecule has 2 heterocycles. The zero-order chi connectivity index (χ0) is 20.4. The Bertz CT molecular complexity index is 992. The van der Waals surface area contributed by atoms with E-state index in [0.29, 0.717) is 12.3 Å². The van der Waals surface area contributed by atoms with Crippen LogP contribution < -0.4 is 5.32 Å². The molecular formula is C23H24N2O4. The van der Waals surface area contributed by atoms with E-state index in [1.807, 2.05) is 43.3 Å². The number of ether oxygens (including phenoxy) is 2. The first-order chi connectivity index (χ1) is 14.1. The van der Waals surface area contributed by atoms with Gasteiger partial charge in [-0.1, -0.05) is 54.6 Å². The number of allylic oxidation sites excluding steroid dienone is 2. The van der Waals surface area contributed by atoms with Crippen molar-refractivity contribution in [1.82, 2.24) is 10.2 Å². The van der Waals surface area contributed by atoms with Crippen LogP contribution in [0.1, 0.15) is 18.9 Å². The fourth-order valence-electron chi connectivity index (χ4n) is 4.00. The second-order valence-corrected chi connectivity index (χ2v) is 7.28.